The van der Waals surface area contributed by atoms with Crippen LogP contribution in [0.25, 0.3) is 0 Å². The van der Waals surface area contributed by atoms with Gasteiger partial charge in [-0.05, 0) is 31.0 Å². The molecule has 3 rings (SSSR count). The van der Waals surface area contributed by atoms with Crippen molar-refractivity contribution in [3.05, 3.63) is 59.2 Å². The fraction of sp³-hybridized carbons (Fsp3) is 0.316. The molecule has 0 radical (unpaired) electrons. The van der Waals surface area contributed by atoms with Gasteiger partial charge in [0.25, 0.3) is 5.91 Å². The highest BCUT2D eigenvalue weighted by atomic mass is 19.1. The monoisotopic (exact) mass is 347 g/mol. The molecule has 1 fully saturated rings. The number of carbonyl (C=O) groups excluding carboxylic acids is 1. The standard InChI is InChI=1S/C19H19F2NO3/c1-24-17-6-4-3-5-12(17)11-22(14-7-8-14)19(23)13-9-15(20)18(25-2)16(21)10-13/h3-6,9-10,14H,7-8,11H2,1-2H3. The summed E-state index contributed by atoms with van der Waals surface area (Å²) in [5.74, 6) is -2.00. The molecule has 0 unspecified atom stereocenters. The molecule has 0 N–H and O–H groups in total. The van der Waals surface area contributed by atoms with Gasteiger partial charge in [0.1, 0.15) is 5.75 Å². The lowest BCUT2D eigenvalue weighted by atomic mass is 10.1. The van der Waals surface area contributed by atoms with Gasteiger partial charge >= 0.3 is 0 Å². The van der Waals surface area contributed by atoms with Crippen molar-refractivity contribution in [2.75, 3.05) is 14.2 Å². The third-order valence-corrected chi connectivity index (χ3v) is 4.23. The number of rotatable bonds is 6. The minimum atomic E-state index is -0.890. The van der Waals surface area contributed by atoms with Crippen molar-refractivity contribution in [2.24, 2.45) is 0 Å². The second-order valence-corrected chi connectivity index (χ2v) is 5.95. The van der Waals surface area contributed by atoms with Gasteiger partial charge in [0, 0.05) is 23.7 Å². The number of ether oxygens (including phenoxy) is 2. The number of halogens is 2. The first-order valence-corrected chi connectivity index (χ1v) is 8.01. The molecule has 1 aliphatic rings. The van der Waals surface area contributed by atoms with E-state index in [4.69, 9.17) is 4.74 Å². The largest absolute Gasteiger partial charge is 0.496 e. The van der Waals surface area contributed by atoms with Crippen molar-refractivity contribution in [3.63, 3.8) is 0 Å². The number of carbonyl (C=O) groups is 1. The maximum atomic E-state index is 13.9. The number of amides is 1. The van der Waals surface area contributed by atoms with Crippen molar-refractivity contribution in [1.29, 1.82) is 0 Å². The summed E-state index contributed by atoms with van der Waals surface area (Å²) in [6.07, 6.45) is 1.75. The Hall–Kier alpha value is -2.63. The zero-order valence-corrected chi connectivity index (χ0v) is 14.1. The summed E-state index contributed by atoms with van der Waals surface area (Å²) < 4.78 is 37.9. The molecule has 0 heterocycles. The van der Waals surface area contributed by atoms with Gasteiger partial charge in [-0.15, -0.1) is 0 Å². The van der Waals surface area contributed by atoms with Crippen LogP contribution >= 0.6 is 0 Å². The summed E-state index contributed by atoms with van der Waals surface area (Å²) in [5.41, 5.74) is 0.817. The molecule has 0 aliphatic heterocycles. The molecule has 1 saturated carbocycles. The van der Waals surface area contributed by atoms with Crippen molar-refractivity contribution < 1.29 is 23.0 Å². The van der Waals surface area contributed by atoms with E-state index in [1.54, 1.807) is 12.0 Å². The lowest BCUT2D eigenvalue weighted by molar-refractivity contribution is 0.0727. The molecule has 1 aliphatic carbocycles. The normalized spacial score (nSPS) is 13.4. The molecule has 132 valence electrons. The number of para-hydroxylation sites is 1. The number of benzene rings is 2. The smallest absolute Gasteiger partial charge is 0.254 e. The quantitative estimate of drug-likeness (QED) is 0.798. The van der Waals surface area contributed by atoms with Crippen LogP contribution in [0.1, 0.15) is 28.8 Å². The van der Waals surface area contributed by atoms with E-state index < -0.39 is 23.3 Å². The number of methoxy groups -OCH3 is 2. The van der Waals surface area contributed by atoms with Crippen molar-refractivity contribution in [1.82, 2.24) is 4.90 Å². The Morgan fingerprint density at radius 3 is 2.32 bits per heavy atom. The summed E-state index contributed by atoms with van der Waals surface area (Å²) in [4.78, 5) is 14.5. The van der Waals surface area contributed by atoms with E-state index in [0.29, 0.717) is 12.3 Å². The van der Waals surface area contributed by atoms with Gasteiger partial charge in [0.2, 0.25) is 0 Å². The Morgan fingerprint density at radius 2 is 1.76 bits per heavy atom. The Kier molecular flexibility index (Phi) is 4.88. The van der Waals surface area contributed by atoms with Crippen LogP contribution in [0.2, 0.25) is 0 Å². The highest BCUT2D eigenvalue weighted by molar-refractivity contribution is 5.94. The summed E-state index contributed by atoms with van der Waals surface area (Å²) in [6.45, 7) is 0.322. The summed E-state index contributed by atoms with van der Waals surface area (Å²) in [6, 6.07) is 9.50. The molecule has 25 heavy (non-hydrogen) atoms. The lowest BCUT2D eigenvalue weighted by Gasteiger charge is -2.24. The molecule has 4 nitrogen and oxygen atoms in total. The second kappa shape index (κ2) is 7.09. The van der Waals surface area contributed by atoms with Gasteiger partial charge in [-0.25, -0.2) is 8.78 Å². The van der Waals surface area contributed by atoms with Crippen LogP contribution in [-0.2, 0) is 6.54 Å². The zero-order valence-electron chi connectivity index (χ0n) is 14.1. The van der Waals surface area contributed by atoms with Crippen molar-refractivity contribution >= 4 is 5.91 Å². The first kappa shape index (κ1) is 17.2. The van der Waals surface area contributed by atoms with Gasteiger partial charge in [-0.1, -0.05) is 18.2 Å². The topological polar surface area (TPSA) is 38.8 Å². The van der Waals surface area contributed by atoms with E-state index in [0.717, 1.165) is 30.5 Å². The van der Waals surface area contributed by atoms with Crippen LogP contribution in [0.4, 0.5) is 8.78 Å². The second-order valence-electron chi connectivity index (χ2n) is 5.95. The SMILES string of the molecule is COc1ccccc1CN(C(=O)c1cc(F)c(OC)c(F)c1)C1CC1. The lowest BCUT2D eigenvalue weighted by Crippen LogP contribution is -2.33. The van der Waals surface area contributed by atoms with Crippen LogP contribution in [0.15, 0.2) is 36.4 Å². The predicted molar refractivity (Wildman–Crippen MR) is 88.8 cm³/mol. The van der Waals surface area contributed by atoms with Gasteiger partial charge in [-0.2, -0.15) is 0 Å². The molecular weight excluding hydrogens is 328 g/mol. The van der Waals surface area contributed by atoms with E-state index in [1.165, 1.54) is 7.11 Å². The van der Waals surface area contributed by atoms with Crippen LogP contribution in [0.3, 0.4) is 0 Å². The summed E-state index contributed by atoms with van der Waals surface area (Å²) >= 11 is 0. The van der Waals surface area contributed by atoms with E-state index in [9.17, 15) is 13.6 Å². The van der Waals surface area contributed by atoms with Crippen LogP contribution in [-0.4, -0.2) is 31.1 Å². The van der Waals surface area contributed by atoms with Gasteiger partial charge in [-0.3, -0.25) is 4.79 Å². The van der Waals surface area contributed by atoms with Crippen LogP contribution < -0.4 is 9.47 Å². The Balaban J connectivity index is 1.90. The molecule has 2 aromatic carbocycles. The Bertz CT molecular complexity index is 767. The van der Waals surface area contributed by atoms with Gasteiger partial charge in [0.05, 0.1) is 14.2 Å². The van der Waals surface area contributed by atoms with E-state index in [2.05, 4.69) is 4.74 Å². The summed E-state index contributed by atoms with van der Waals surface area (Å²) in [7, 11) is 2.75. The summed E-state index contributed by atoms with van der Waals surface area (Å²) in [5, 5.41) is 0. The number of hydrogen-bond donors (Lipinski definition) is 0. The molecule has 2 aromatic rings. The number of hydrogen-bond acceptors (Lipinski definition) is 3. The van der Waals surface area contributed by atoms with Gasteiger partial charge in [0.15, 0.2) is 17.4 Å². The minimum absolute atomic E-state index is 0.0300. The third-order valence-electron chi connectivity index (χ3n) is 4.23. The minimum Gasteiger partial charge on any atom is -0.496 e. The maximum absolute atomic E-state index is 13.9. The Labute approximate surface area is 145 Å². The molecular formula is C19H19F2NO3. The fourth-order valence-electron chi connectivity index (χ4n) is 2.81. The Morgan fingerprint density at radius 1 is 1.12 bits per heavy atom. The van der Waals surface area contributed by atoms with E-state index in [1.807, 2.05) is 24.3 Å². The maximum Gasteiger partial charge on any atom is 0.254 e. The molecule has 0 saturated heterocycles. The highest BCUT2D eigenvalue weighted by Gasteiger charge is 2.34. The van der Waals surface area contributed by atoms with Crippen LogP contribution in [0, 0.1) is 11.6 Å². The molecule has 0 bridgehead atoms. The van der Waals surface area contributed by atoms with E-state index in [-0.39, 0.29) is 11.6 Å². The number of nitrogens with zero attached hydrogens (tertiary/aromatic N) is 1. The van der Waals surface area contributed by atoms with Crippen LogP contribution in [0.5, 0.6) is 11.5 Å². The average molecular weight is 347 g/mol. The van der Waals surface area contributed by atoms with Crippen molar-refractivity contribution in [3.8, 4) is 11.5 Å². The molecule has 0 spiro atoms. The zero-order chi connectivity index (χ0) is 18.0. The first-order valence-electron chi connectivity index (χ1n) is 8.01. The van der Waals surface area contributed by atoms with Crippen molar-refractivity contribution in [2.45, 2.75) is 25.4 Å². The predicted octanol–water partition coefficient (Wildman–Crippen LogP) is 3.79. The molecule has 0 atom stereocenters. The first-order chi connectivity index (χ1) is 12.0. The average Bonchev–Trinajstić information content (AvgIpc) is 3.44. The molecule has 1 amide bonds. The molecule has 6 heteroatoms. The highest BCUT2D eigenvalue weighted by Crippen LogP contribution is 2.32. The third kappa shape index (κ3) is 3.57. The van der Waals surface area contributed by atoms with E-state index >= 15 is 0 Å². The van der Waals surface area contributed by atoms with Gasteiger partial charge < -0.3 is 14.4 Å². The fourth-order valence-corrected chi connectivity index (χ4v) is 2.81. The molecule has 0 aromatic heterocycles.